The quantitative estimate of drug-likeness (QED) is 0.271. The average molecular weight is 419 g/mol. The highest BCUT2D eigenvalue weighted by Gasteiger charge is 2.45. The van der Waals surface area contributed by atoms with Crippen molar-refractivity contribution in [2.24, 2.45) is 4.99 Å². The van der Waals surface area contributed by atoms with Crippen molar-refractivity contribution in [2.45, 2.75) is 42.9 Å². The van der Waals surface area contributed by atoms with Gasteiger partial charge >= 0.3 is 0 Å². The molecule has 2 aliphatic heterocycles. The van der Waals surface area contributed by atoms with Gasteiger partial charge in [0.25, 0.3) is 0 Å². The highest BCUT2D eigenvalue weighted by molar-refractivity contribution is 5.93. The van der Waals surface area contributed by atoms with Crippen molar-refractivity contribution in [1.82, 2.24) is 30.6 Å². The van der Waals surface area contributed by atoms with Crippen LogP contribution >= 0.6 is 0 Å². The molecule has 2 aromatic heterocycles. The van der Waals surface area contributed by atoms with Crippen LogP contribution in [0.4, 0.5) is 5.82 Å². The summed E-state index contributed by atoms with van der Waals surface area (Å²) in [7, 11) is 0. The van der Waals surface area contributed by atoms with Gasteiger partial charge in [0.15, 0.2) is 11.5 Å². The van der Waals surface area contributed by atoms with Crippen molar-refractivity contribution < 1.29 is 29.6 Å². The number of Topliss-reactive ketones (excluding diaryl/α,β-unsaturated/α-hetero) is 1. The van der Waals surface area contributed by atoms with Gasteiger partial charge in [-0.3, -0.25) is 14.9 Å². The van der Waals surface area contributed by atoms with E-state index in [1.54, 1.807) is 0 Å². The van der Waals surface area contributed by atoms with Crippen LogP contribution in [0.2, 0.25) is 0 Å². The zero-order valence-corrected chi connectivity index (χ0v) is 15.7. The number of aromatic nitrogens is 4. The number of carbonyl (C=O) groups is 2. The fourth-order valence-electron chi connectivity index (χ4n) is 3.51. The smallest absolute Gasteiger partial charge is 0.238 e. The normalized spacial score (nSPS) is 32.2. The van der Waals surface area contributed by atoms with Crippen molar-refractivity contribution in [3.05, 3.63) is 12.7 Å². The molecule has 13 nitrogen and oxygen atoms in total. The topological polar surface area (TPSA) is 195 Å². The summed E-state index contributed by atoms with van der Waals surface area (Å²) >= 11 is 0. The van der Waals surface area contributed by atoms with E-state index < -0.39 is 49.0 Å². The van der Waals surface area contributed by atoms with Crippen LogP contribution in [-0.2, 0) is 14.3 Å². The number of rotatable bonds is 5. The van der Waals surface area contributed by atoms with Crippen LogP contribution in [-0.4, -0.2) is 103 Å². The third-order valence-corrected chi connectivity index (χ3v) is 5.12. The zero-order chi connectivity index (χ0) is 21.3. The van der Waals surface area contributed by atoms with Gasteiger partial charge in [-0.1, -0.05) is 0 Å². The third-order valence-electron chi connectivity index (χ3n) is 5.12. The Bertz CT molecular complexity index is 963. The van der Waals surface area contributed by atoms with E-state index in [0.717, 1.165) is 0 Å². The van der Waals surface area contributed by atoms with Crippen molar-refractivity contribution >= 4 is 34.9 Å². The van der Waals surface area contributed by atoms with Crippen LogP contribution in [0.1, 0.15) is 6.42 Å². The average Bonchev–Trinajstić information content (AvgIpc) is 3.40. The number of carbonyl (C=O) groups excluding carboxylic acids is 2. The van der Waals surface area contributed by atoms with Gasteiger partial charge in [-0.15, -0.1) is 0 Å². The molecule has 2 fully saturated rings. The number of nitrogens with one attached hydrogen (secondary N) is 3. The van der Waals surface area contributed by atoms with Gasteiger partial charge in [-0.25, -0.2) is 19.9 Å². The first-order valence-electron chi connectivity index (χ1n) is 9.34. The van der Waals surface area contributed by atoms with Crippen LogP contribution in [0.15, 0.2) is 17.6 Å². The summed E-state index contributed by atoms with van der Waals surface area (Å²) in [6.07, 6.45) is -0.914. The molecule has 2 aromatic rings. The van der Waals surface area contributed by atoms with Crippen molar-refractivity contribution in [3.63, 3.8) is 0 Å². The molecular formula is C17H21N7O6. The van der Waals surface area contributed by atoms with E-state index in [2.05, 4.69) is 35.6 Å². The lowest BCUT2D eigenvalue weighted by atomic mass is 9.92. The lowest BCUT2D eigenvalue weighted by Crippen LogP contribution is -2.65. The molecule has 1 amide bonds. The van der Waals surface area contributed by atoms with Crippen molar-refractivity contribution in [3.8, 4) is 0 Å². The van der Waals surface area contributed by atoms with Crippen LogP contribution in [0.5, 0.6) is 0 Å². The summed E-state index contributed by atoms with van der Waals surface area (Å²) < 4.78 is 5.65. The van der Waals surface area contributed by atoms with Crippen LogP contribution in [0.3, 0.4) is 0 Å². The number of H-pyrrole nitrogens is 1. The molecule has 0 saturated carbocycles. The Kier molecular flexibility index (Phi) is 5.78. The van der Waals surface area contributed by atoms with Crippen molar-refractivity contribution in [2.75, 3.05) is 13.2 Å². The monoisotopic (exact) mass is 419 g/mol. The number of aliphatic hydroxyl groups is 3. The van der Waals surface area contributed by atoms with E-state index in [1.807, 2.05) is 0 Å². The summed E-state index contributed by atoms with van der Waals surface area (Å²) in [6.45, 7) is -0.423. The molecule has 1 unspecified atom stereocenters. The van der Waals surface area contributed by atoms with Gasteiger partial charge in [0.05, 0.1) is 31.6 Å². The van der Waals surface area contributed by atoms with Gasteiger partial charge in [-0.2, -0.15) is 0 Å². The van der Waals surface area contributed by atoms with Crippen LogP contribution < -0.4 is 10.6 Å². The Morgan fingerprint density at radius 1 is 1.33 bits per heavy atom. The molecule has 160 valence electrons. The van der Waals surface area contributed by atoms with Crippen LogP contribution in [0.25, 0.3) is 11.2 Å². The predicted octanol–water partition coefficient (Wildman–Crippen LogP) is -3.05. The Hall–Kier alpha value is -2.84. The Labute approximate surface area is 169 Å². The summed E-state index contributed by atoms with van der Waals surface area (Å²) in [4.78, 5) is 42.8. The summed E-state index contributed by atoms with van der Waals surface area (Å²) in [6, 6.07) is -1.80. The van der Waals surface area contributed by atoms with Gasteiger partial charge in [0, 0.05) is 12.6 Å². The summed E-state index contributed by atoms with van der Waals surface area (Å²) in [5, 5.41) is 36.0. The second-order valence-corrected chi connectivity index (χ2v) is 7.09. The molecule has 0 bridgehead atoms. The first kappa shape index (κ1) is 20.4. The molecule has 30 heavy (non-hydrogen) atoms. The number of ether oxygens (including phenoxy) is 1. The molecule has 2 aliphatic rings. The highest BCUT2D eigenvalue weighted by atomic mass is 16.5. The predicted molar refractivity (Wildman–Crippen MR) is 101 cm³/mol. The van der Waals surface area contributed by atoms with E-state index in [1.165, 1.54) is 18.9 Å². The maximum Gasteiger partial charge on any atom is 0.238 e. The molecule has 0 spiro atoms. The lowest BCUT2D eigenvalue weighted by molar-refractivity contribution is -0.173. The second kappa shape index (κ2) is 8.49. The molecule has 2 saturated heterocycles. The number of ketones is 1. The van der Waals surface area contributed by atoms with Gasteiger partial charge in [0.1, 0.15) is 42.0 Å². The number of aromatic amines is 1. The minimum Gasteiger partial charge on any atom is -0.394 e. The molecule has 4 rings (SSSR count). The number of fused-ring (bicyclic) bond motifs is 1. The number of aliphatic imine (C=N–C) groups is 1. The third kappa shape index (κ3) is 3.93. The van der Waals surface area contributed by atoms with Gasteiger partial charge in [0.2, 0.25) is 5.91 Å². The number of amides is 1. The number of hydrogen-bond donors (Lipinski definition) is 6. The van der Waals surface area contributed by atoms with Crippen molar-refractivity contribution in [1.29, 1.82) is 0 Å². The number of aliphatic hydroxyl groups excluding tert-OH is 3. The Morgan fingerprint density at radius 2 is 2.17 bits per heavy atom. The number of nitrogens with zero attached hydrogens (tertiary/aromatic N) is 4. The maximum absolute atomic E-state index is 12.4. The van der Waals surface area contributed by atoms with E-state index in [0.29, 0.717) is 11.2 Å². The van der Waals surface area contributed by atoms with E-state index in [9.17, 15) is 24.9 Å². The van der Waals surface area contributed by atoms with E-state index >= 15 is 0 Å². The second-order valence-electron chi connectivity index (χ2n) is 7.09. The fourth-order valence-corrected chi connectivity index (χ4v) is 3.51. The summed E-state index contributed by atoms with van der Waals surface area (Å²) in [5.41, 5.74) is 0.902. The molecule has 0 radical (unpaired) electrons. The minimum atomic E-state index is -1.44. The standard InChI is InChI=1S/C17H21N7O6/c25-4-10-11(24-17(29)8-1-7(26)2-18-8)14(28)13(27)9(30-10)3-19-15-12-16(21-5-20-12)23-6-22-15/h3,5-6,8-11,13-14,18,25,27-28H,1-2,4H2,(H,24,29)(H,20,21,22,23)/t8-,9?,10+,11+,13-,14-/m1/s1. The molecule has 0 aromatic carbocycles. The fraction of sp³-hybridized carbons (Fsp3) is 0.529. The molecule has 6 N–H and O–H groups in total. The van der Waals surface area contributed by atoms with Gasteiger partial charge < -0.3 is 30.4 Å². The van der Waals surface area contributed by atoms with E-state index in [-0.39, 0.29) is 24.6 Å². The molecular weight excluding hydrogens is 398 g/mol. The molecule has 13 heteroatoms. The largest absolute Gasteiger partial charge is 0.394 e. The van der Waals surface area contributed by atoms with E-state index in [4.69, 9.17) is 4.74 Å². The summed E-state index contributed by atoms with van der Waals surface area (Å²) in [5.74, 6) is -0.355. The molecule has 0 aliphatic carbocycles. The number of hydrogen-bond acceptors (Lipinski definition) is 11. The lowest BCUT2D eigenvalue weighted by Gasteiger charge is -2.41. The SMILES string of the molecule is O=C1CN[C@@H](C(=O)N[C@@H]2[C@@H](O)[C@H](O)C(C=Nc3ncnc4nc[nH]c34)O[C@H]2CO)C1. The Morgan fingerprint density at radius 3 is 2.90 bits per heavy atom. The minimum absolute atomic E-state index is 0.0398. The zero-order valence-electron chi connectivity index (χ0n) is 15.7. The maximum atomic E-state index is 12.4. The Balaban J connectivity index is 1.47. The van der Waals surface area contributed by atoms with Crippen LogP contribution in [0, 0.1) is 0 Å². The first-order chi connectivity index (χ1) is 14.5. The molecule has 6 atom stereocenters. The first-order valence-corrected chi connectivity index (χ1v) is 9.34. The molecule has 4 heterocycles. The van der Waals surface area contributed by atoms with Gasteiger partial charge in [-0.05, 0) is 0 Å². The number of imidazole rings is 1. The highest BCUT2D eigenvalue weighted by Crippen LogP contribution is 2.23.